The molecule has 2 aromatic rings. The van der Waals surface area contributed by atoms with Crippen molar-refractivity contribution in [1.82, 2.24) is 0 Å². The molecule has 2 N–H and O–H groups in total. The quantitative estimate of drug-likeness (QED) is 0.635. The Bertz CT molecular complexity index is 664. The Morgan fingerprint density at radius 3 is 2.67 bits per heavy atom. The van der Waals surface area contributed by atoms with Gasteiger partial charge >= 0.3 is 0 Å². The highest BCUT2D eigenvalue weighted by atomic mass is 79.9. The van der Waals surface area contributed by atoms with Gasteiger partial charge in [0.2, 0.25) is 5.91 Å². The first-order valence-corrected chi connectivity index (χ1v) is 8.56. The summed E-state index contributed by atoms with van der Waals surface area (Å²) in [6.07, 6.45) is 0. The van der Waals surface area contributed by atoms with Crippen LogP contribution in [0, 0.1) is 0 Å². The van der Waals surface area contributed by atoms with Crippen LogP contribution < -0.4 is 15.4 Å². The highest BCUT2D eigenvalue weighted by molar-refractivity contribution is 9.10. The second-order valence-electron chi connectivity index (χ2n) is 4.99. The fourth-order valence-corrected chi connectivity index (χ4v) is 2.41. The van der Waals surface area contributed by atoms with Gasteiger partial charge in [-0.2, -0.15) is 0 Å². The number of halogens is 1. The van der Waals surface area contributed by atoms with Crippen molar-refractivity contribution in [3.8, 4) is 5.75 Å². The third-order valence-corrected chi connectivity index (χ3v) is 3.59. The van der Waals surface area contributed by atoms with E-state index in [0.717, 1.165) is 21.6 Å². The first-order valence-electron chi connectivity index (χ1n) is 7.77. The molecule has 0 fully saturated rings. The minimum absolute atomic E-state index is 0.115. The van der Waals surface area contributed by atoms with Crippen LogP contribution in [-0.4, -0.2) is 32.3 Å². The Morgan fingerprint density at radius 2 is 1.88 bits per heavy atom. The molecule has 2 aromatic carbocycles. The minimum atomic E-state index is -0.115. The lowest BCUT2D eigenvalue weighted by Gasteiger charge is -2.10. The average Bonchev–Trinajstić information content (AvgIpc) is 2.57. The second kappa shape index (κ2) is 9.95. The fraction of sp³-hybridized carbons (Fsp3) is 0.278. The van der Waals surface area contributed by atoms with Crippen LogP contribution >= 0.6 is 15.9 Å². The Labute approximate surface area is 150 Å². The van der Waals surface area contributed by atoms with Crippen LogP contribution in [0.5, 0.6) is 5.75 Å². The summed E-state index contributed by atoms with van der Waals surface area (Å²) in [7, 11) is 0. The number of anilines is 2. The van der Waals surface area contributed by atoms with E-state index in [-0.39, 0.29) is 12.5 Å². The second-order valence-corrected chi connectivity index (χ2v) is 5.90. The minimum Gasteiger partial charge on any atom is -0.491 e. The van der Waals surface area contributed by atoms with Crippen LogP contribution in [0.25, 0.3) is 0 Å². The molecule has 5 nitrogen and oxygen atoms in total. The number of nitrogens with one attached hydrogen (secondary N) is 2. The molecule has 128 valence electrons. The topological polar surface area (TPSA) is 59.6 Å². The molecule has 1 amide bonds. The van der Waals surface area contributed by atoms with E-state index in [1.54, 1.807) is 0 Å². The highest BCUT2D eigenvalue weighted by Gasteiger charge is 2.03. The van der Waals surface area contributed by atoms with E-state index in [9.17, 15) is 4.79 Å². The van der Waals surface area contributed by atoms with Gasteiger partial charge in [-0.05, 0) is 37.3 Å². The number of rotatable bonds is 9. The molecule has 0 aliphatic heterocycles. The number of carbonyl (C=O) groups excluding carboxylic acids is 1. The van der Waals surface area contributed by atoms with Gasteiger partial charge in [-0.15, -0.1) is 0 Å². The smallest absolute Gasteiger partial charge is 0.243 e. The maximum atomic E-state index is 12.0. The van der Waals surface area contributed by atoms with Gasteiger partial charge in [-0.25, -0.2) is 0 Å². The molecular formula is C18H21BrN2O3. The van der Waals surface area contributed by atoms with Crippen molar-refractivity contribution < 1.29 is 14.3 Å². The van der Waals surface area contributed by atoms with Crippen LogP contribution in [-0.2, 0) is 9.53 Å². The van der Waals surface area contributed by atoms with Crippen LogP contribution in [0.3, 0.4) is 0 Å². The van der Waals surface area contributed by atoms with Crippen molar-refractivity contribution in [2.45, 2.75) is 6.92 Å². The van der Waals surface area contributed by atoms with E-state index in [1.807, 2.05) is 55.5 Å². The van der Waals surface area contributed by atoms with Crippen LogP contribution in [0.2, 0.25) is 0 Å². The summed E-state index contributed by atoms with van der Waals surface area (Å²) in [4.78, 5) is 12.0. The number of ether oxygens (including phenoxy) is 2. The maximum absolute atomic E-state index is 12.0. The normalized spacial score (nSPS) is 10.2. The molecule has 24 heavy (non-hydrogen) atoms. The van der Waals surface area contributed by atoms with E-state index in [1.165, 1.54) is 0 Å². The standard InChI is InChI=1S/C18H21BrN2O3/c1-2-23-9-10-24-17-8-4-6-15(12-17)20-13-18(22)21-16-7-3-5-14(19)11-16/h3-8,11-12,20H,2,9-10,13H2,1H3,(H,21,22). The third kappa shape index (κ3) is 6.60. The van der Waals surface area contributed by atoms with E-state index in [0.29, 0.717) is 19.8 Å². The lowest BCUT2D eigenvalue weighted by Crippen LogP contribution is -2.21. The summed E-state index contributed by atoms with van der Waals surface area (Å²) in [5.74, 6) is 0.628. The van der Waals surface area contributed by atoms with E-state index in [4.69, 9.17) is 9.47 Å². The summed E-state index contributed by atoms with van der Waals surface area (Å²) in [5.41, 5.74) is 1.58. The zero-order chi connectivity index (χ0) is 17.2. The molecule has 0 bridgehead atoms. The number of carbonyl (C=O) groups is 1. The molecule has 0 radical (unpaired) electrons. The van der Waals surface area contributed by atoms with Gasteiger partial charge in [-0.1, -0.05) is 28.1 Å². The predicted molar refractivity (Wildman–Crippen MR) is 99.7 cm³/mol. The summed E-state index contributed by atoms with van der Waals surface area (Å²) < 4.78 is 11.7. The number of benzene rings is 2. The zero-order valence-electron chi connectivity index (χ0n) is 13.5. The molecule has 2 rings (SSSR count). The first kappa shape index (κ1) is 18.3. The Kier molecular flexibility index (Phi) is 7.58. The Hall–Kier alpha value is -2.05. The average molecular weight is 393 g/mol. The molecule has 0 heterocycles. The van der Waals surface area contributed by atoms with Gasteiger partial charge < -0.3 is 20.1 Å². The Balaban J connectivity index is 1.79. The molecular weight excluding hydrogens is 372 g/mol. The Morgan fingerprint density at radius 1 is 1.08 bits per heavy atom. The predicted octanol–water partition coefficient (Wildman–Crippen LogP) is 3.92. The van der Waals surface area contributed by atoms with Gasteiger partial charge in [0.25, 0.3) is 0 Å². The van der Waals surface area contributed by atoms with Gasteiger partial charge in [0.05, 0.1) is 13.2 Å². The first-order chi connectivity index (χ1) is 11.7. The van der Waals surface area contributed by atoms with Crippen molar-refractivity contribution in [2.24, 2.45) is 0 Å². The zero-order valence-corrected chi connectivity index (χ0v) is 15.1. The molecule has 0 aromatic heterocycles. The van der Waals surface area contributed by atoms with Gasteiger partial charge in [-0.3, -0.25) is 4.79 Å². The van der Waals surface area contributed by atoms with E-state index < -0.39 is 0 Å². The van der Waals surface area contributed by atoms with Crippen molar-refractivity contribution >= 4 is 33.2 Å². The SMILES string of the molecule is CCOCCOc1cccc(NCC(=O)Nc2cccc(Br)c2)c1. The summed E-state index contributed by atoms with van der Waals surface area (Å²) >= 11 is 3.38. The largest absolute Gasteiger partial charge is 0.491 e. The van der Waals surface area contributed by atoms with Crippen molar-refractivity contribution in [1.29, 1.82) is 0 Å². The van der Waals surface area contributed by atoms with Gasteiger partial charge in [0.15, 0.2) is 0 Å². The lowest BCUT2D eigenvalue weighted by molar-refractivity contribution is -0.114. The van der Waals surface area contributed by atoms with Crippen molar-refractivity contribution in [3.05, 3.63) is 53.0 Å². The van der Waals surface area contributed by atoms with Crippen LogP contribution in [0.4, 0.5) is 11.4 Å². The molecule has 0 aliphatic rings. The van der Waals surface area contributed by atoms with E-state index >= 15 is 0 Å². The summed E-state index contributed by atoms with van der Waals surface area (Å²) in [6, 6.07) is 15.0. The lowest BCUT2D eigenvalue weighted by atomic mass is 10.3. The molecule has 0 spiro atoms. The molecule has 0 saturated heterocycles. The summed E-state index contributed by atoms with van der Waals surface area (Å²) in [6.45, 7) is 3.86. The molecule has 0 atom stereocenters. The summed E-state index contributed by atoms with van der Waals surface area (Å²) in [5, 5.41) is 5.92. The maximum Gasteiger partial charge on any atom is 0.243 e. The monoisotopic (exact) mass is 392 g/mol. The van der Waals surface area contributed by atoms with Gasteiger partial charge in [0.1, 0.15) is 12.4 Å². The molecule has 0 unspecified atom stereocenters. The molecule has 6 heteroatoms. The highest BCUT2D eigenvalue weighted by Crippen LogP contribution is 2.18. The van der Waals surface area contributed by atoms with Crippen LogP contribution in [0.1, 0.15) is 6.92 Å². The van der Waals surface area contributed by atoms with E-state index in [2.05, 4.69) is 26.6 Å². The van der Waals surface area contributed by atoms with Crippen LogP contribution in [0.15, 0.2) is 53.0 Å². The van der Waals surface area contributed by atoms with Crippen molar-refractivity contribution in [2.75, 3.05) is 37.0 Å². The third-order valence-electron chi connectivity index (χ3n) is 3.10. The van der Waals surface area contributed by atoms with Crippen molar-refractivity contribution in [3.63, 3.8) is 0 Å². The fourth-order valence-electron chi connectivity index (χ4n) is 2.01. The number of amides is 1. The molecule has 0 saturated carbocycles. The molecule has 0 aliphatic carbocycles. The number of hydrogen-bond donors (Lipinski definition) is 2. The van der Waals surface area contributed by atoms with Gasteiger partial charge in [0, 0.05) is 28.5 Å². The number of hydrogen-bond acceptors (Lipinski definition) is 4.